The van der Waals surface area contributed by atoms with Crippen LogP contribution in [-0.2, 0) is 27.6 Å². The Morgan fingerprint density at radius 2 is 1.71 bits per heavy atom. The summed E-state index contributed by atoms with van der Waals surface area (Å²) in [7, 11) is -4.98. The predicted molar refractivity (Wildman–Crippen MR) is 160 cm³/mol. The number of rotatable bonds is 12. The van der Waals surface area contributed by atoms with Crippen molar-refractivity contribution in [2.45, 2.75) is 43.8 Å². The van der Waals surface area contributed by atoms with E-state index in [9.17, 15) is 36.4 Å². The van der Waals surface area contributed by atoms with Crippen LogP contribution in [-0.4, -0.2) is 54.3 Å². The maximum absolute atomic E-state index is 13.2. The average Bonchev–Trinajstić information content (AvgIpc) is 3.39. The zero-order valence-electron chi connectivity index (χ0n) is 24.5. The monoisotopic (exact) mass is 645 g/mol. The van der Waals surface area contributed by atoms with Crippen molar-refractivity contribution in [3.8, 4) is 34.0 Å². The highest BCUT2D eigenvalue weighted by molar-refractivity contribution is 7.87. The number of ether oxygens (including phenoxy) is 1. The summed E-state index contributed by atoms with van der Waals surface area (Å²) in [5, 5.41) is 26.7. The zero-order chi connectivity index (χ0) is 32.9. The van der Waals surface area contributed by atoms with Crippen LogP contribution >= 0.6 is 0 Å². The molecule has 1 heterocycles. The van der Waals surface area contributed by atoms with Gasteiger partial charge in [0.1, 0.15) is 17.2 Å². The molecule has 1 aromatic heterocycles. The number of carbonyl (C=O) groups is 1. The molecule has 0 saturated heterocycles. The summed E-state index contributed by atoms with van der Waals surface area (Å²) in [6.45, 7) is 3.40. The Balaban J connectivity index is 1.72. The first-order valence-corrected chi connectivity index (χ1v) is 15.2. The Bertz CT molecular complexity index is 1740. The SMILES string of the molecule is COc1ccc(-c2cc(-c3ccccc3OS(=O)(=O)c3cccc(C(F)(F)F)c3)nn2CC(=O)NC(CC(C)C)B(O)O)cc1. The highest BCUT2D eigenvalue weighted by Crippen LogP contribution is 2.35. The number of benzene rings is 3. The first kappa shape index (κ1) is 33.6. The molecule has 0 bridgehead atoms. The third kappa shape index (κ3) is 8.44. The molecule has 0 spiro atoms. The van der Waals surface area contributed by atoms with Crippen molar-refractivity contribution < 1.29 is 45.4 Å². The zero-order valence-corrected chi connectivity index (χ0v) is 25.3. The predicted octanol–water partition coefficient (Wildman–Crippen LogP) is 4.56. The maximum Gasteiger partial charge on any atom is 0.475 e. The van der Waals surface area contributed by atoms with Crippen LogP contribution in [0, 0.1) is 5.92 Å². The number of carbonyl (C=O) groups excluding carboxylic acids is 1. The molecular weight excluding hydrogens is 614 g/mol. The first-order valence-electron chi connectivity index (χ1n) is 13.8. The highest BCUT2D eigenvalue weighted by atomic mass is 32.2. The van der Waals surface area contributed by atoms with Crippen LogP contribution < -0.4 is 14.2 Å². The van der Waals surface area contributed by atoms with Gasteiger partial charge >= 0.3 is 23.4 Å². The molecule has 3 N–H and O–H groups in total. The quantitative estimate of drug-likeness (QED) is 0.151. The number of methoxy groups -OCH3 is 1. The second-order valence-electron chi connectivity index (χ2n) is 10.6. The van der Waals surface area contributed by atoms with E-state index in [2.05, 4.69) is 10.4 Å². The van der Waals surface area contributed by atoms with Crippen molar-refractivity contribution >= 4 is 23.1 Å². The lowest BCUT2D eigenvalue weighted by Crippen LogP contribution is -2.48. The van der Waals surface area contributed by atoms with E-state index in [1.54, 1.807) is 36.4 Å². The molecule has 10 nitrogen and oxygen atoms in total. The van der Waals surface area contributed by atoms with Gasteiger partial charge in [-0.1, -0.05) is 32.0 Å². The number of halogens is 3. The van der Waals surface area contributed by atoms with Crippen LogP contribution in [0.5, 0.6) is 11.5 Å². The maximum atomic E-state index is 13.2. The minimum atomic E-state index is -4.76. The number of alkyl halides is 3. The molecule has 1 unspecified atom stereocenters. The molecule has 238 valence electrons. The van der Waals surface area contributed by atoms with Crippen molar-refractivity contribution in [2.75, 3.05) is 7.11 Å². The standard InChI is InChI=1S/C30H31BF3N3O7S/c1-19(2)15-28(31(39)40)35-29(38)18-37-26(20-11-13-22(43-3)14-12-20)17-25(36-37)24-9-4-5-10-27(24)44-45(41,42)23-8-6-7-21(16-23)30(32,33)34/h4-14,16-17,19,28,39-40H,15,18H2,1-3H3,(H,35,38). The molecule has 0 aliphatic heterocycles. The molecule has 0 fully saturated rings. The Morgan fingerprint density at radius 3 is 2.33 bits per heavy atom. The van der Waals surface area contributed by atoms with Gasteiger partial charge in [-0.2, -0.15) is 26.7 Å². The third-order valence-electron chi connectivity index (χ3n) is 6.70. The number of amides is 1. The molecule has 4 rings (SSSR count). The van der Waals surface area contributed by atoms with Gasteiger partial charge in [0.15, 0.2) is 5.75 Å². The second-order valence-corrected chi connectivity index (χ2v) is 12.1. The Morgan fingerprint density at radius 1 is 1.02 bits per heavy atom. The lowest BCUT2D eigenvalue weighted by molar-refractivity contribution is -0.137. The normalized spacial score (nSPS) is 12.6. The molecule has 0 saturated carbocycles. The summed E-state index contributed by atoms with van der Waals surface area (Å²) >= 11 is 0. The summed E-state index contributed by atoms with van der Waals surface area (Å²) in [4.78, 5) is 12.4. The minimum absolute atomic E-state index is 0.0620. The van der Waals surface area contributed by atoms with Crippen LogP contribution in [0.4, 0.5) is 13.2 Å². The van der Waals surface area contributed by atoms with Crippen LogP contribution in [0.2, 0.25) is 0 Å². The second kappa shape index (κ2) is 13.8. The molecule has 45 heavy (non-hydrogen) atoms. The van der Waals surface area contributed by atoms with Crippen molar-refractivity contribution in [3.05, 3.63) is 84.4 Å². The van der Waals surface area contributed by atoms with Gasteiger partial charge < -0.3 is 24.3 Å². The molecule has 1 amide bonds. The topological polar surface area (TPSA) is 140 Å². The van der Waals surface area contributed by atoms with Gasteiger partial charge in [0, 0.05) is 11.1 Å². The lowest BCUT2D eigenvalue weighted by atomic mass is 9.75. The van der Waals surface area contributed by atoms with Gasteiger partial charge in [-0.3, -0.25) is 9.48 Å². The Labute approximate surface area is 258 Å². The summed E-state index contributed by atoms with van der Waals surface area (Å²) < 4.78 is 77.8. The number of nitrogens with one attached hydrogen (secondary N) is 1. The van der Waals surface area contributed by atoms with E-state index in [-0.39, 0.29) is 29.5 Å². The number of aromatic nitrogens is 2. The van der Waals surface area contributed by atoms with Crippen molar-refractivity contribution in [2.24, 2.45) is 5.92 Å². The molecule has 4 aromatic rings. The van der Waals surface area contributed by atoms with E-state index >= 15 is 0 Å². The molecule has 0 radical (unpaired) electrons. The van der Waals surface area contributed by atoms with Crippen LogP contribution in [0.3, 0.4) is 0 Å². The van der Waals surface area contributed by atoms with E-state index in [4.69, 9.17) is 8.92 Å². The lowest BCUT2D eigenvalue weighted by Gasteiger charge is -2.20. The molecule has 0 aliphatic rings. The van der Waals surface area contributed by atoms with Gasteiger partial charge in [0.05, 0.1) is 30.0 Å². The molecular formula is C30H31BF3N3O7S. The highest BCUT2D eigenvalue weighted by Gasteiger charge is 2.32. The van der Waals surface area contributed by atoms with Crippen molar-refractivity contribution in [1.29, 1.82) is 0 Å². The fourth-order valence-corrected chi connectivity index (χ4v) is 5.55. The third-order valence-corrected chi connectivity index (χ3v) is 7.93. The van der Waals surface area contributed by atoms with Gasteiger partial charge in [-0.15, -0.1) is 0 Å². The van der Waals surface area contributed by atoms with Crippen LogP contribution in [0.1, 0.15) is 25.8 Å². The largest absolute Gasteiger partial charge is 0.497 e. The van der Waals surface area contributed by atoms with Crippen molar-refractivity contribution in [3.63, 3.8) is 0 Å². The van der Waals surface area contributed by atoms with Gasteiger partial charge in [0.2, 0.25) is 5.91 Å². The van der Waals surface area contributed by atoms with Gasteiger partial charge in [0.25, 0.3) is 0 Å². The van der Waals surface area contributed by atoms with Crippen LogP contribution in [0.25, 0.3) is 22.5 Å². The fourth-order valence-electron chi connectivity index (χ4n) is 4.56. The average molecular weight is 645 g/mol. The summed E-state index contributed by atoms with van der Waals surface area (Å²) in [5.74, 6) is -1.05. The minimum Gasteiger partial charge on any atom is -0.497 e. The van der Waals surface area contributed by atoms with E-state index in [0.29, 0.717) is 29.5 Å². The number of para-hydroxylation sites is 1. The van der Waals surface area contributed by atoms with Gasteiger partial charge in [-0.05, 0) is 73.0 Å². The summed E-state index contributed by atoms with van der Waals surface area (Å²) in [6, 6.07) is 17.6. The fraction of sp³-hybridized carbons (Fsp3) is 0.267. The van der Waals surface area contributed by atoms with E-state index in [1.807, 2.05) is 13.8 Å². The smallest absolute Gasteiger partial charge is 0.475 e. The number of hydrogen-bond acceptors (Lipinski definition) is 8. The summed E-state index contributed by atoms with van der Waals surface area (Å²) in [5.41, 5.74) is 0.308. The molecule has 15 heteroatoms. The van der Waals surface area contributed by atoms with Crippen molar-refractivity contribution in [1.82, 2.24) is 15.1 Å². The summed E-state index contributed by atoms with van der Waals surface area (Å²) in [6.07, 6.45) is -4.45. The van der Waals surface area contributed by atoms with E-state index in [1.165, 1.54) is 30.0 Å². The molecule has 3 aromatic carbocycles. The Hall–Kier alpha value is -4.34. The van der Waals surface area contributed by atoms with Crippen LogP contribution in [0.15, 0.2) is 83.8 Å². The molecule has 0 aliphatic carbocycles. The molecule has 1 atom stereocenters. The number of nitrogens with zero attached hydrogens (tertiary/aromatic N) is 2. The number of hydrogen-bond donors (Lipinski definition) is 3. The van der Waals surface area contributed by atoms with E-state index in [0.717, 1.165) is 18.2 Å². The van der Waals surface area contributed by atoms with E-state index < -0.39 is 45.7 Å². The van der Waals surface area contributed by atoms with Gasteiger partial charge in [-0.25, -0.2) is 0 Å². The first-order chi connectivity index (χ1) is 21.2. The Kier molecular flexibility index (Phi) is 10.3.